The second-order valence-corrected chi connectivity index (χ2v) is 8.39. The minimum Gasteiger partial charge on any atom is -0.389 e. The van der Waals surface area contributed by atoms with E-state index >= 15 is 0 Å². The van der Waals surface area contributed by atoms with Crippen molar-refractivity contribution in [3.8, 4) is 0 Å². The van der Waals surface area contributed by atoms with Crippen molar-refractivity contribution in [3.05, 3.63) is 24.3 Å². The van der Waals surface area contributed by atoms with E-state index in [-0.39, 0.29) is 5.41 Å². The maximum Gasteiger partial charge on any atom is 0.356 e. The second-order valence-electron chi connectivity index (χ2n) is 8.39. The zero-order valence-corrected chi connectivity index (χ0v) is 15.9. The van der Waals surface area contributed by atoms with E-state index in [0.29, 0.717) is 6.54 Å². The lowest BCUT2D eigenvalue weighted by molar-refractivity contribution is -0.667. The molecule has 1 atom stereocenters. The highest BCUT2D eigenvalue weighted by Crippen LogP contribution is 2.22. The summed E-state index contributed by atoms with van der Waals surface area (Å²) in [6.45, 7) is 11.0. The SMILES string of the molecule is CC(C)(C)[C@H](O)C[n+]1c(N)n(CCN2CCCCC2)c2ccccc21. The maximum absolute atomic E-state index is 10.6. The Morgan fingerprint density at radius 1 is 1.12 bits per heavy atom. The van der Waals surface area contributed by atoms with Gasteiger partial charge in [0.05, 0.1) is 19.2 Å². The van der Waals surface area contributed by atoms with Gasteiger partial charge in [-0.25, -0.2) is 9.13 Å². The Bertz CT molecular complexity index is 710. The second kappa shape index (κ2) is 7.34. The van der Waals surface area contributed by atoms with Gasteiger partial charge >= 0.3 is 5.95 Å². The minimum absolute atomic E-state index is 0.170. The molecule has 2 aromatic rings. The van der Waals surface area contributed by atoms with E-state index in [2.05, 4.69) is 53.0 Å². The summed E-state index contributed by atoms with van der Waals surface area (Å²) in [5, 5.41) is 10.6. The van der Waals surface area contributed by atoms with E-state index < -0.39 is 6.10 Å². The molecule has 1 aliphatic rings. The fourth-order valence-electron chi connectivity index (χ4n) is 3.61. The van der Waals surface area contributed by atoms with Crippen LogP contribution in [-0.2, 0) is 13.1 Å². The molecule has 0 aliphatic carbocycles. The number of nitrogens with two attached hydrogens (primary N) is 1. The molecular weight excluding hydrogens is 312 g/mol. The number of piperidine rings is 1. The zero-order chi connectivity index (χ0) is 18.0. The van der Waals surface area contributed by atoms with E-state index in [1.54, 1.807) is 0 Å². The number of aliphatic hydroxyl groups excluding tert-OH is 1. The normalized spacial score (nSPS) is 17.9. The van der Waals surface area contributed by atoms with Gasteiger partial charge < -0.3 is 10.0 Å². The van der Waals surface area contributed by atoms with Gasteiger partial charge in [-0.2, -0.15) is 0 Å². The average Bonchev–Trinajstić information content (AvgIpc) is 2.85. The third kappa shape index (κ3) is 3.98. The van der Waals surface area contributed by atoms with Crippen molar-refractivity contribution in [3.63, 3.8) is 0 Å². The molecule has 0 spiro atoms. The van der Waals surface area contributed by atoms with Crippen LogP contribution in [0.4, 0.5) is 5.95 Å². The Labute approximate surface area is 151 Å². The Morgan fingerprint density at radius 3 is 2.48 bits per heavy atom. The van der Waals surface area contributed by atoms with Gasteiger partial charge in [0.25, 0.3) is 0 Å². The summed E-state index contributed by atoms with van der Waals surface area (Å²) in [4.78, 5) is 2.53. The molecule has 1 aromatic heterocycles. The van der Waals surface area contributed by atoms with E-state index in [1.165, 1.54) is 32.4 Å². The monoisotopic (exact) mass is 345 g/mol. The number of anilines is 1. The summed E-state index contributed by atoms with van der Waals surface area (Å²) in [6.07, 6.45) is 3.52. The molecule has 0 bridgehead atoms. The van der Waals surface area contributed by atoms with Crippen molar-refractivity contribution < 1.29 is 9.67 Å². The number of nitrogen functional groups attached to an aromatic ring is 1. The highest BCUT2D eigenvalue weighted by molar-refractivity contribution is 5.73. The van der Waals surface area contributed by atoms with E-state index in [9.17, 15) is 5.11 Å². The predicted octanol–water partition coefficient (Wildman–Crippen LogP) is 2.40. The van der Waals surface area contributed by atoms with Gasteiger partial charge in [0, 0.05) is 6.54 Å². The third-order valence-electron chi connectivity index (χ3n) is 5.46. The van der Waals surface area contributed by atoms with Gasteiger partial charge in [-0.3, -0.25) is 5.73 Å². The molecule has 3 N–H and O–H groups in total. The standard InChI is InChI=1S/C20H32N4O/c1-20(2,3)18(25)15-24-17-10-6-5-9-16(17)23(19(24)21)14-13-22-11-7-4-8-12-22/h5-6,9-10,18,21,25H,4,7-8,11-15H2,1-3H3/p+1/t18-/m1/s1. The van der Waals surface area contributed by atoms with Gasteiger partial charge in [0.15, 0.2) is 0 Å². The average molecular weight is 346 g/mol. The number of benzene rings is 1. The lowest BCUT2D eigenvalue weighted by Crippen LogP contribution is -2.46. The van der Waals surface area contributed by atoms with Crippen LogP contribution >= 0.6 is 0 Å². The topological polar surface area (TPSA) is 58.3 Å². The molecular formula is C20H33N4O+. The van der Waals surface area contributed by atoms with E-state index in [1.807, 2.05) is 6.07 Å². The fourth-order valence-corrected chi connectivity index (χ4v) is 3.61. The number of para-hydroxylation sites is 2. The molecule has 0 radical (unpaired) electrons. The number of aliphatic hydroxyl groups is 1. The molecule has 1 aliphatic heterocycles. The van der Waals surface area contributed by atoms with Crippen molar-refractivity contribution in [1.82, 2.24) is 9.47 Å². The molecule has 1 aromatic carbocycles. The van der Waals surface area contributed by atoms with Crippen LogP contribution < -0.4 is 10.3 Å². The number of rotatable bonds is 5. The molecule has 0 unspecified atom stereocenters. The van der Waals surface area contributed by atoms with E-state index in [4.69, 9.17) is 5.73 Å². The first-order chi connectivity index (χ1) is 11.9. The Hall–Kier alpha value is -1.59. The number of aromatic nitrogens is 2. The minimum atomic E-state index is -0.443. The molecule has 1 fully saturated rings. The Morgan fingerprint density at radius 2 is 1.80 bits per heavy atom. The van der Waals surface area contributed by atoms with Crippen LogP contribution in [0, 0.1) is 5.41 Å². The third-order valence-corrected chi connectivity index (χ3v) is 5.46. The number of imidazole rings is 1. The number of hydrogen-bond acceptors (Lipinski definition) is 3. The van der Waals surface area contributed by atoms with Gasteiger partial charge in [-0.15, -0.1) is 0 Å². The highest BCUT2D eigenvalue weighted by Gasteiger charge is 2.28. The van der Waals surface area contributed by atoms with Crippen molar-refractivity contribution in [2.45, 2.75) is 59.2 Å². The summed E-state index contributed by atoms with van der Waals surface area (Å²) in [5.41, 5.74) is 8.60. The quantitative estimate of drug-likeness (QED) is 0.818. The van der Waals surface area contributed by atoms with Crippen molar-refractivity contribution in [2.75, 3.05) is 25.4 Å². The number of hydrogen-bond donors (Lipinski definition) is 2. The van der Waals surface area contributed by atoms with Crippen LogP contribution in [0.25, 0.3) is 11.0 Å². The van der Waals surface area contributed by atoms with E-state index in [0.717, 1.165) is 30.1 Å². The largest absolute Gasteiger partial charge is 0.389 e. The molecule has 5 nitrogen and oxygen atoms in total. The number of nitrogens with zero attached hydrogens (tertiary/aromatic N) is 3. The van der Waals surface area contributed by atoms with Crippen molar-refractivity contribution >= 4 is 17.0 Å². The van der Waals surface area contributed by atoms with Gasteiger partial charge in [-0.05, 0) is 43.5 Å². The Balaban J connectivity index is 1.86. The number of fused-ring (bicyclic) bond motifs is 1. The lowest BCUT2D eigenvalue weighted by atomic mass is 9.89. The smallest absolute Gasteiger partial charge is 0.356 e. The molecule has 0 saturated carbocycles. The van der Waals surface area contributed by atoms with Crippen LogP contribution in [-0.4, -0.2) is 40.3 Å². The van der Waals surface area contributed by atoms with Gasteiger partial charge in [-0.1, -0.05) is 39.3 Å². The molecule has 138 valence electrons. The highest BCUT2D eigenvalue weighted by atomic mass is 16.3. The van der Waals surface area contributed by atoms with Crippen LogP contribution in [0.1, 0.15) is 40.0 Å². The van der Waals surface area contributed by atoms with Crippen LogP contribution in [0.15, 0.2) is 24.3 Å². The summed E-state index contributed by atoms with van der Waals surface area (Å²) in [6, 6.07) is 8.32. The first kappa shape index (κ1) is 18.2. The molecule has 25 heavy (non-hydrogen) atoms. The molecule has 3 rings (SSSR count). The van der Waals surface area contributed by atoms with Gasteiger partial charge in [0.2, 0.25) is 0 Å². The molecule has 2 heterocycles. The molecule has 1 saturated heterocycles. The van der Waals surface area contributed by atoms with Crippen LogP contribution in [0.3, 0.4) is 0 Å². The zero-order valence-electron chi connectivity index (χ0n) is 15.9. The molecule has 5 heteroatoms. The summed E-state index contributed by atoms with van der Waals surface area (Å²) < 4.78 is 4.28. The van der Waals surface area contributed by atoms with Crippen LogP contribution in [0.5, 0.6) is 0 Å². The summed E-state index contributed by atoms with van der Waals surface area (Å²) >= 11 is 0. The van der Waals surface area contributed by atoms with Crippen molar-refractivity contribution in [2.24, 2.45) is 5.41 Å². The maximum atomic E-state index is 10.6. The fraction of sp³-hybridized carbons (Fsp3) is 0.650. The van der Waals surface area contributed by atoms with Gasteiger partial charge in [0.1, 0.15) is 11.0 Å². The Kier molecular flexibility index (Phi) is 5.35. The first-order valence-electron chi connectivity index (χ1n) is 9.55. The predicted molar refractivity (Wildman–Crippen MR) is 102 cm³/mol. The number of likely N-dealkylation sites (tertiary alicyclic amines) is 1. The molecule has 0 amide bonds. The summed E-state index contributed by atoms with van der Waals surface area (Å²) in [7, 11) is 0. The van der Waals surface area contributed by atoms with Crippen molar-refractivity contribution in [1.29, 1.82) is 0 Å². The lowest BCUT2D eigenvalue weighted by Gasteiger charge is -2.26. The first-order valence-corrected chi connectivity index (χ1v) is 9.55. The summed E-state index contributed by atoms with van der Waals surface area (Å²) in [5.74, 6) is 0.738. The van der Waals surface area contributed by atoms with Crippen LogP contribution in [0.2, 0.25) is 0 Å².